The van der Waals surface area contributed by atoms with Gasteiger partial charge >= 0.3 is 6.09 Å². The Bertz CT molecular complexity index is 456. The molecular weight excluding hydrogens is 340 g/mol. The molecule has 0 aliphatic heterocycles. The lowest BCUT2D eigenvalue weighted by Gasteiger charge is -2.05. The molecule has 27 heavy (non-hydrogen) atoms. The van der Waals surface area contributed by atoms with E-state index >= 15 is 0 Å². The fraction of sp³-hybridized carbons (Fsp3) is 0.636. The van der Waals surface area contributed by atoms with Gasteiger partial charge in [0.1, 0.15) is 0 Å². The van der Waals surface area contributed by atoms with E-state index < -0.39 is 6.09 Å². The molecule has 0 aliphatic rings. The van der Waals surface area contributed by atoms with Crippen molar-refractivity contribution < 1.29 is 14.3 Å². The van der Waals surface area contributed by atoms with Crippen molar-refractivity contribution in [1.82, 2.24) is 10.6 Å². The first-order valence-corrected chi connectivity index (χ1v) is 10.3. The van der Waals surface area contributed by atoms with Gasteiger partial charge in [-0.3, -0.25) is 4.79 Å². The van der Waals surface area contributed by atoms with Crippen LogP contribution >= 0.6 is 0 Å². The molecule has 0 spiro atoms. The van der Waals surface area contributed by atoms with Crippen molar-refractivity contribution in [2.75, 3.05) is 20.2 Å². The Labute approximate surface area is 165 Å². The summed E-state index contributed by atoms with van der Waals surface area (Å²) in [5, 5.41) is 5.03. The van der Waals surface area contributed by atoms with Crippen LogP contribution in [0.3, 0.4) is 0 Å². The van der Waals surface area contributed by atoms with Crippen molar-refractivity contribution in [1.29, 1.82) is 0 Å². The maximum Gasteiger partial charge on any atom is 0.407 e. The van der Waals surface area contributed by atoms with E-state index in [-0.39, 0.29) is 12.5 Å². The molecule has 0 heterocycles. The van der Waals surface area contributed by atoms with E-state index in [1.807, 2.05) is 0 Å². The lowest BCUT2D eigenvalue weighted by molar-refractivity contribution is -0.123. The van der Waals surface area contributed by atoms with E-state index in [1.54, 1.807) is 0 Å². The first-order chi connectivity index (χ1) is 13.2. The largest absolute Gasteiger partial charge is 0.439 e. The monoisotopic (exact) mass is 378 g/mol. The number of nitrogens with one attached hydrogen (secondary N) is 2. The molecule has 5 heteroatoms. The minimum Gasteiger partial charge on any atom is -0.439 e. The maximum absolute atomic E-state index is 11.3. The first-order valence-electron chi connectivity index (χ1n) is 10.3. The molecule has 0 aromatic rings. The molecule has 2 amide bonds. The fourth-order valence-electron chi connectivity index (χ4n) is 2.30. The van der Waals surface area contributed by atoms with Gasteiger partial charge < -0.3 is 15.4 Å². The second-order valence-corrected chi connectivity index (χ2v) is 6.41. The van der Waals surface area contributed by atoms with Gasteiger partial charge in [0.2, 0.25) is 0 Å². The summed E-state index contributed by atoms with van der Waals surface area (Å²) in [5.41, 5.74) is 0. The Morgan fingerprint density at radius 1 is 0.815 bits per heavy atom. The van der Waals surface area contributed by atoms with E-state index in [1.165, 1.54) is 32.7 Å². The molecule has 2 N–H and O–H groups in total. The standard InChI is InChI=1S/C22H38N2O3/c1-3-4-5-6-7-8-9-10-11-12-13-14-15-16-17-18-19-24-22(26)27-20-21(25)23-2/h7-8,10-11,13-14H,3-6,9,12,15-20H2,1-2H3,(H,23,25)(H,24,26). The van der Waals surface area contributed by atoms with Crippen LogP contribution in [0.25, 0.3) is 0 Å². The molecular formula is C22H38N2O3. The smallest absolute Gasteiger partial charge is 0.407 e. The number of allylic oxidation sites excluding steroid dienone is 6. The number of likely N-dealkylation sites (N-methyl/N-ethyl adjacent to an activating group) is 1. The van der Waals surface area contributed by atoms with Crippen LogP contribution in [0, 0.1) is 0 Å². The zero-order chi connectivity index (χ0) is 20.0. The SMILES string of the molecule is CCCCCC=CCC=CCC=CCCCCCNC(=O)OCC(=O)NC. The average Bonchev–Trinajstić information content (AvgIpc) is 2.68. The lowest BCUT2D eigenvalue weighted by Crippen LogP contribution is -2.30. The summed E-state index contributed by atoms with van der Waals surface area (Å²) in [6.07, 6.45) is 24.1. The van der Waals surface area contributed by atoms with Crippen LogP contribution in [-0.2, 0) is 9.53 Å². The van der Waals surface area contributed by atoms with Gasteiger partial charge in [-0.25, -0.2) is 4.79 Å². The van der Waals surface area contributed by atoms with Crippen molar-refractivity contribution in [3.63, 3.8) is 0 Å². The molecule has 0 aliphatic carbocycles. The summed E-state index contributed by atoms with van der Waals surface area (Å²) < 4.78 is 4.74. The van der Waals surface area contributed by atoms with Crippen molar-refractivity contribution in [2.45, 2.75) is 71.1 Å². The van der Waals surface area contributed by atoms with Gasteiger partial charge in [-0.1, -0.05) is 62.6 Å². The van der Waals surface area contributed by atoms with Crippen LogP contribution in [0.15, 0.2) is 36.5 Å². The van der Waals surface area contributed by atoms with Crippen LogP contribution in [0.4, 0.5) is 4.79 Å². The molecule has 0 saturated carbocycles. The molecule has 0 aromatic heterocycles. The van der Waals surface area contributed by atoms with Gasteiger partial charge in [-0.05, 0) is 44.9 Å². The van der Waals surface area contributed by atoms with Crippen molar-refractivity contribution >= 4 is 12.0 Å². The Hall–Kier alpha value is -2.04. The predicted octanol–water partition coefficient (Wildman–Crippen LogP) is 5.05. The van der Waals surface area contributed by atoms with E-state index in [4.69, 9.17) is 4.74 Å². The maximum atomic E-state index is 11.3. The minimum absolute atomic E-state index is 0.239. The minimum atomic E-state index is -0.541. The number of amides is 2. The second-order valence-electron chi connectivity index (χ2n) is 6.41. The summed E-state index contributed by atoms with van der Waals surface area (Å²) in [4.78, 5) is 22.2. The number of hydrogen-bond donors (Lipinski definition) is 2. The molecule has 0 rings (SSSR count). The Morgan fingerprint density at radius 2 is 1.41 bits per heavy atom. The Balaban J connectivity index is 3.39. The highest BCUT2D eigenvalue weighted by molar-refractivity contribution is 5.79. The number of ether oxygens (including phenoxy) is 1. The topological polar surface area (TPSA) is 67.4 Å². The molecule has 0 atom stereocenters. The first kappa shape index (κ1) is 25.0. The van der Waals surface area contributed by atoms with Gasteiger partial charge in [0, 0.05) is 13.6 Å². The zero-order valence-corrected chi connectivity index (χ0v) is 17.2. The molecule has 0 fully saturated rings. The molecule has 0 bridgehead atoms. The third kappa shape index (κ3) is 20.1. The number of hydrogen-bond acceptors (Lipinski definition) is 3. The van der Waals surface area contributed by atoms with Gasteiger partial charge in [0.05, 0.1) is 0 Å². The summed E-state index contributed by atoms with van der Waals surface area (Å²) in [6, 6.07) is 0. The highest BCUT2D eigenvalue weighted by atomic mass is 16.6. The average molecular weight is 379 g/mol. The zero-order valence-electron chi connectivity index (χ0n) is 17.2. The molecule has 0 unspecified atom stereocenters. The number of rotatable bonds is 16. The van der Waals surface area contributed by atoms with Crippen molar-refractivity contribution in [3.8, 4) is 0 Å². The van der Waals surface area contributed by atoms with Gasteiger partial charge in [-0.2, -0.15) is 0 Å². The quantitative estimate of drug-likeness (QED) is 0.292. The molecule has 0 aromatic carbocycles. The number of carbonyl (C=O) groups excluding carboxylic acids is 2. The van der Waals surface area contributed by atoms with Gasteiger partial charge in [0.15, 0.2) is 6.61 Å². The molecule has 0 radical (unpaired) electrons. The van der Waals surface area contributed by atoms with Gasteiger partial charge in [-0.15, -0.1) is 0 Å². The number of alkyl carbamates (subject to hydrolysis) is 1. The highest BCUT2D eigenvalue weighted by Gasteiger charge is 2.04. The van der Waals surface area contributed by atoms with E-state index in [2.05, 4.69) is 54.0 Å². The van der Waals surface area contributed by atoms with Crippen LogP contribution < -0.4 is 10.6 Å². The Kier molecular flexibility index (Phi) is 18.7. The van der Waals surface area contributed by atoms with Gasteiger partial charge in [0.25, 0.3) is 5.91 Å². The van der Waals surface area contributed by atoms with Crippen LogP contribution in [-0.4, -0.2) is 32.2 Å². The lowest BCUT2D eigenvalue weighted by atomic mass is 10.1. The summed E-state index contributed by atoms with van der Waals surface area (Å²) >= 11 is 0. The van der Waals surface area contributed by atoms with Crippen molar-refractivity contribution in [2.24, 2.45) is 0 Å². The second kappa shape index (κ2) is 20.3. The third-order valence-corrected chi connectivity index (χ3v) is 3.95. The highest BCUT2D eigenvalue weighted by Crippen LogP contribution is 2.02. The Morgan fingerprint density at radius 3 is 2.00 bits per heavy atom. The predicted molar refractivity (Wildman–Crippen MR) is 113 cm³/mol. The molecule has 0 saturated heterocycles. The summed E-state index contributed by atoms with van der Waals surface area (Å²) in [6.45, 7) is 2.57. The summed E-state index contributed by atoms with van der Waals surface area (Å²) in [7, 11) is 1.50. The number of carbonyl (C=O) groups is 2. The summed E-state index contributed by atoms with van der Waals surface area (Å²) in [5.74, 6) is -0.314. The molecule has 5 nitrogen and oxygen atoms in total. The molecule has 154 valence electrons. The number of unbranched alkanes of at least 4 members (excludes halogenated alkanes) is 6. The van der Waals surface area contributed by atoms with Crippen LogP contribution in [0.5, 0.6) is 0 Å². The van der Waals surface area contributed by atoms with Crippen molar-refractivity contribution in [3.05, 3.63) is 36.5 Å². The van der Waals surface area contributed by atoms with E-state index in [0.717, 1.165) is 38.5 Å². The van der Waals surface area contributed by atoms with E-state index in [9.17, 15) is 9.59 Å². The van der Waals surface area contributed by atoms with E-state index in [0.29, 0.717) is 6.54 Å². The fourth-order valence-corrected chi connectivity index (χ4v) is 2.30. The van der Waals surface area contributed by atoms with Crippen LogP contribution in [0.1, 0.15) is 71.1 Å². The third-order valence-electron chi connectivity index (χ3n) is 3.95. The van der Waals surface area contributed by atoms with Crippen LogP contribution in [0.2, 0.25) is 0 Å². The normalized spacial score (nSPS) is 11.5.